The molecule has 2 atom stereocenters. The van der Waals surface area contributed by atoms with Gasteiger partial charge >= 0.3 is 0 Å². The van der Waals surface area contributed by atoms with E-state index in [1.807, 2.05) is 7.05 Å². The Morgan fingerprint density at radius 1 is 1.47 bits per heavy atom. The van der Waals surface area contributed by atoms with E-state index in [4.69, 9.17) is 0 Å². The average molecular weight is 265 g/mol. The Morgan fingerprint density at radius 3 is 2.95 bits per heavy atom. The van der Waals surface area contributed by atoms with Crippen LogP contribution in [-0.2, 0) is 0 Å². The lowest BCUT2D eigenvalue weighted by Gasteiger charge is -2.34. The maximum absolute atomic E-state index is 12.9. The van der Waals surface area contributed by atoms with E-state index in [1.165, 1.54) is 38.1 Å². The zero-order valence-corrected chi connectivity index (χ0v) is 11.9. The maximum atomic E-state index is 12.9. The number of pyridine rings is 1. The van der Waals surface area contributed by atoms with Gasteiger partial charge in [0.2, 0.25) is 0 Å². The van der Waals surface area contributed by atoms with Crippen molar-refractivity contribution in [1.29, 1.82) is 0 Å². The van der Waals surface area contributed by atoms with Crippen molar-refractivity contribution in [3.8, 4) is 0 Å². The van der Waals surface area contributed by atoms with Crippen molar-refractivity contribution >= 4 is 0 Å². The highest BCUT2D eigenvalue weighted by Gasteiger charge is 2.19. The van der Waals surface area contributed by atoms with Gasteiger partial charge in [0.05, 0.1) is 17.9 Å². The summed E-state index contributed by atoms with van der Waals surface area (Å²) in [5.74, 6) is -0.275. The van der Waals surface area contributed by atoms with Crippen LogP contribution < -0.4 is 5.32 Å². The van der Waals surface area contributed by atoms with E-state index in [1.54, 1.807) is 6.07 Å². The molecule has 1 N–H and O–H groups in total. The van der Waals surface area contributed by atoms with Gasteiger partial charge in [0.25, 0.3) is 0 Å². The van der Waals surface area contributed by atoms with Crippen LogP contribution in [-0.4, -0.2) is 36.1 Å². The van der Waals surface area contributed by atoms with E-state index in [9.17, 15) is 4.39 Å². The highest BCUT2D eigenvalue weighted by Crippen LogP contribution is 2.20. The van der Waals surface area contributed by atoms with Gasteiger partial charge in [-0.25, -0.2) is 4.39 Å². The number of nitrogens with one attached hydrogen (secondary N) is 1. The summed E-state index contributed by atoms with van der Waals surface area (Å²) in [4.78, 5) is 6.73. The van der Waals surface area contributed by atoms with Crippen LogP contribution in [0.2, 0.25) is 0 Å². The fourth-order valence-corrected chi connectivity index (χ4v) is 2.82. The monoisotopic (exact) mass is 265 g/mol. The Kier molecular flexibility index (Phi) is 5.28. The van der Waals surface area contributed by atoms with Crippen LogP contribution >= 0.6 is 0 Å². The fourth-order valence-electron chi connectivity index (χ4n) is 2.82. The summed E-state index contributed by atoms with van der Waals surface area (Å²) < 4.78 is 12.9. The Hall–Kier alpha value is -1.00. The molecule has 1 aromatic rings. The van der Waals surface area contributed by atoms with E-state index in [-0.39, 0.29) is 11.9 Å². The predicted octanol–water partition coefficient (Wildman–Crippen LogP) is 2.75. The van der Waals surface area contributed by atoms with Gasteiger partial charge in [-0.15, -0.1) is 0 Å². The zero-order valence-electron chi connectivity index (χ0n) is 11.9. The van der Waals surface area contributed by atoms with Crippen LogP contribution in [0.1, 0.15) is 44.3 Å². The van der Waals surface area contributed by atoms with E-state index in [2.05, 4.69) is 22.1 Å². The summed E-state index contributed by atoms with van der Waals surface area (Å²) in [6, 6.07) is 4.15. The molecule has 0 bridgehead atoms. The number of piperidine rings is 1. The van der Waals surface area contributed by atoms with E-state index < -0.39 is 0 Å². The molecule has 2 heterocycles. The van der Waals surface area contributed by atoms with Crippen LogP contribution in [0, 0.1) is 5.82 Å². The van der Waals surface area contributed by atoms with Gasteiger partial charge in [-0.2, -0.15) is 0 Å². The first-order valence-electron chi connectivity index (χ1n) is 7.23. The first-order valence-corrected chi connectivity index (χ1v) is 7.23. The Balaban J connectivity index is 1.90. The van der Waals surface area contributed by atoms with Crippen molar-refractivity contribution < 1.29 is 4.39 Å². The number of hydrogen-bond donors (Lipinski definition) is 1. The molecule has 4 heteroatoms. The van der Waals surface area contributed by atoms with Gasteiger partial charge in [-0.05, 0) is 51.9 Å². The van der Waals surface area contributed by atoms with Gasteiger partial charge in [0, 0.05) is 12.6 Å². The first-order chi connectivity index (χ1) is 9.20. The summed E-state index contributed by atoms with van der Waals surface area (Å²) >= 11 is 0. The van der Waals surface area contributed by atoms with Crippen molar-refractivity contribution in [2.24, 2.45) is 0 Å². The molecule has 0 aromatic carbocycles. The van der Waals surface area contributed by atoms with Gasteiger partial charge < -0.3 is 10.2 Å². The standard InChI is InChI=1S/C15H24FN3/c1-12-5-3-4-9-19(12)10-8-14(17-2)15-7-6-13(16)11-18-15/h6-7,11-12,14,17H,3-5,8-10H2,1-2H3. The lowest BCUT2D eigenvalue weighted by atomic mass is 10.0. The molecule has 0 radical (unpaired) electrons. The molecular weight excluding hydrogens is 241 g/mol. The van der Waals surface area contributed by atoms with Crippen LogP contribution in [0.15, 0.2) is 18.3 Å². The number of rotatable bonds is 5. The molecule has 3 nitrogen and oxygen atoms in total. The molecular formula is C15H24FN3. The van der Waals surface area contributed by atoms with E-state index in [0.29, 0.717) is 6.04 Å². The highest BCUT2D eigenvalue weighted by atomic mass is 19.1. The fraction of sp³-hybridized carbons (Fsp3) is 0.667. The molecule has 1 aliphatic rings. The van der Waals surface area contributed by atoms with Crippen LogP contribution in [0.4, 0.5) is 4.39 Å². The molecule has 1 aliphatic heterocycles. The number of halogens is 1. The van der Waals surface area contributed by atoms with Gasteiger partial charge in [0.1, 0.15) is 5.82 Å². The van der Waals surface area contributed by atoms with Gasteiger partial charge in [-0.1, -0.05) is 6.42 Å². The molecule has 2 rings (SSSR count). The third-order valence-electron chi connectivity index (χ3n) is 4.10. The second kappa shape index (κ2) is 6.96. The molecule has 0 amide bonds. The number of aromatic nitrogens is 1. The Bertz CT molecular complexity index is 379. The van der Waals surface area contributed by atoms with Crippen molar-refractivity contribution in [3.05, 3.63) is 29.8 Å². The van der Waals surface area contributed by atoms with Crippen molar-refractivity contribution in [1.82, 2.24) is 15.2 Å². The normalized spacial score (nSPS) is 22.4. The minimum Gasteiger partial charge on any atom is -0.312 e. The smallest absolute Gasteiger partial charge is 0.141 e. The van der Waals surface area contributed by atoms with Crippen LogP contribution in [0.5, 0.6) is 0 Å². The van der Waals surface area contributed by atoms with Crippen molar-refractivity contribution in [2.75, 3.05) is 20.1 Å². The molecule has 1 aromatic heterocycles. The SMILES string of the molecule is CNC(CCN1CCCCC1C)c1ccc(F)cn1. The molecule has 1 saturated heterocycles. The Labute approximate surface area is 115 Å². The van der Waals surface area contributed by atoms with Crippen molar-refractivity contribution in [2.45, 2.75) is 44.7 Å². The molecule has 106 valence electrons. The summed E-state index contributed by atoms with van der Waals surface area (Å²) in [5.41, 5.74) is 0.925. The largest absolute Gasteiger partial charge is 0.312 e. The first kappa shape index (κ1) is 14.4. The molecule has 0 spiro atoms. The topological polar surface area (TPSA) is 28.2 Å². The maximum Gasteiger partial charge on any atom is 0.141 e. The highest BCUT2D eigenvalue weighted by molar-refractivity contribution is 5.09. The predicted molar refractivity (Wildman–Crippen MR) is 75.5 cm³/mol. The van der Waals surface area contributed by atoms with Gasteiger partial charge in [-0.3, -0.25) is 4.98 Å². The minimum atomic E-state index is -0.275. The quantitative estimate of drug-likeness (QED) is 0.887. The Morgan fingerprint density at radius 2 is 2.32 bits per heavy atom. The minimum absolute atomic E-state index is 0.203. The third-order valence-corrected chi connectivity index (χ3v) is 4.10. The number of nitrogens with zero attached hydrogens (tertiary/aromatic N) is 2. The zero-order chi connectivity index (χ0) is 13.7. The lowest BCUT2D eigenvalue weighted by molar-refractivity contribution is 0.153. The number of hydrogen-bond acceptors (Lipinski definition) is 3. The molecule has 2 unspecified atom stereocenters. The van der Waals surface area contributed by atoms with Crippen LogP contribution in [0.25, 0.3) is 0 Å². The molecule has 0 saturated carbocycles. The number of likely N-dealkylation sites (tertiary alicyclic amines) is 1. The van der Waals surface area contributed by atoms with E-state index in [0.717, 1.165) is 18.7 Å². The summed E-state index contributed by atoms with van der Waals surface area (Å²) in [6.45, 7) is 4.59. The molecule has 1 fully saturated rings. The van der Waals surface area contributed by atoms with Crippen molar-refractivity contribution in [3.63, 3.8) is 0 Å². The van der Waals surface area contributed by atoms with Crippen LogP contribution in [0.3, 0.4) is 0 Å². The second-order valence-corrected chi connectivity index (χ2v) is 5.41. The van der Waals surface area contributed by atoms with Gasteiger partial charge in [0.15, 0.2) is 0 Å². The molecule has 19 heavy (non-hydrogen) atoms. The summed E-state index contributed by atoms with van der Waals surface area (Å²) in [7, 11) is 1.94. The average Bonchev–Trinajstić information content (AvgIpc) is 2.43. The lowest BCUT2D eigenvalue weighted by Crippen LogP contribution is -2.39. The second-order valence-electron chi connectivity index (χ2n) is 5.41. The third kappa shape index (κ3) is 3.98. The summed E-state index contributed by atoms with van der Waals surface area (Å²) in [5, 5.41) is 3.28. The summed E-state index contributed by atoms with van der Waals surface area (Å²) in [6.07, 6.45) is 6.28. The van der Waals surface area contributed by atoms with E-state index >= 15 is 0 Å². The molecule has 0 aliphatic carbocycles.